The minimum absolute atomic E-state index is 0.116. The molecule has 275 valence electrons. The number of aryl methyl sites for hydroxylation is 1. The van der Waals surface area contributed by atoms with Crippen LogP contribution in [-0.2, 0) is 11.8 Å². The first kappa shape index (κ1) is 35.7. The highest BCUT2D eigenvalue weighted by molar-refractivity contribution is 6.72. The second kappa shape index (κ2) is 13.4. The van der Waals surface area contributed by atoms with E-state index in [1.165, 1.54) is 93.4 Å². The molecule has 0 amide bonds. The minimum Gasteiger partial charge on any atom is -0.378 e. The summed E-state index contributed by atoms with van der Waals surface area (Å²) in [6, 6.07) is 43.2. The number of unbranched alkanes of at least 4 members (excludes halogenated alkanes) is 2. The molecule has 1 radical (unpaired) electrons. The van der Waals surface area contributed by atoms with E-state index < -0.39 is 0 Å². The fourth-order valence-electron chi connectivity index (χ4n) is 10.0. The Hall–Kier alpha value is -4.94. The molecule has 0 saturated carbocycles. The first-order chi connectivity index (χ1) is 26.5. The highest BCUT2D eigenvalue weighted by atomic mass is 15.2. The van der Waals surface area contributed by atoms with Gasteiger partial charge in [-0.05, 0) is 124 Å². The summed E-state index contributed by atoms with van der Waals surface area (Å²) >= 11 is 0. The molecule has 1 atom stereocenters. The number of anilines is 4. The molecule has 2 aliphatic carbocycles. The SMILES string of the molecule is CCCCCc1cc(C2=CC3=C(CC2Nc2ccc(-c4ccccc4)cc2)C(C)(C)CCC3(C)C)c2c(c1)N1c3c#cccc3C(C)(C)c3cccc(c31)[B]2. The maximum Gasteiger partial charge on any atom is 0.197 e. The maximum atomic E-state index is 4.13. The Morgan fingerprint density at radius 3 is 2.35 bits per heavy atom. The van der Waals surface area contributed by atoms with Crippen LogP contribution in [0.5, 0.6) is 0 Å². The van der Waals surface area contributed by atoms with E-state index >= 15 is 0 Å². The Bertz CT molecular complexity index is 2340. The van der Waals surface area contributed by atoms with Gasteiger partial charge in [-0.2, -0.15) is 0 Å². The van der Waals surface area contributed by atoms with Crippen molar-refractivity contribution in [1.82, 2.24) is 0 Å². The predicted octanol–water partition coefficient (Wildman–Crippen LogP) is 12.2. The van der Waals surface area contributed by atoms with Gasteiger partial charge in [0.15, 0.2) is 7.28 Å². The van der Waals surface area contributed by atoms with E-state index in [2.05, 4.69) is 175 Å². The van der Waals surface area contributed by atoms with E-state index in [1.54, 1.807) is 11.1 Å². The normalized spacial score (nSPS) is 19.5. The highest BCUT2D eigenvalue weighted by Crippen LogP contribution is 2.55. The van der Waals surface area contributed by atoms with Gasteiger partial charge in [-0.1, -0.05) is 157 Å². The molecule has 0 fully saturated rings. The van der Waals surface area contributed by atoms with Gasteiger partial charge in [0.2, 0.25) is 0 Å². The van der Waals surface area contributed by atoms with Crippen LogP contribution >= 0.6 is 0 Å². The Balaban J connectivity index is 1.24. The molecular weight excluding hydrogens is 663 g/mol. The summed E-state index contributed by atoms with van der Waals surface area (Å²) in [5.74, 6) is 0. The summed E-state index contributed by atoms with van der Waals surface area (Å²) < 4.78 is 0. The van der Waals surface area contributed by atoms with Crippen LogP contribution in [0.25, 0.3) is 16.7 Å². The average Bonchev–Trinajstić information content (AvgIpc) is 3.19. The minimum atomic E-state index is -0.144. The molecule has 55 heavy (non-hydrogen) atoms. The number of nitrogens with zero attached hydrogens (tertiary/aromatic N) is 1. The van der Waals surface area contributed by atoms with Gasteiger partial charge in [-0.3, -0.25) is 0 Å². The number of allylic oxidation sites excluding steroid dienone is 2. The lowest BCUT2D eigenvalue weighted by atomic mass is 9.54. The van der Waals surface area contributed by atoms with Crippen molar-refractivity contribution in [2.24, 2.45) is 10.8 Å². The third kappa shape index (κ3) is 6.05. The molecule has 1 N–H and O–H groups in total. The van der Waals surface area contributed by atoms with Crippen molar-refractivity contribution >= 4 is 46.5 Å². The number of hydrogen-bond donors (Lipinski definition) is 1. The molecule has 0 aromatic heterocycles. The highest BCUT2D eigenvalue weighted by Gasteiger charge is 2.44. The Morgan fingerprint density at radius 1 is 0.800 bits per heavy atom. The molecule has 0 bridgehead atoms. The van der Waals surface area contributed by atoms with Gasteiger partial charge >= 0.3 is 0 Å². The molecule has 2 heterocycles. The zero-order valence-corrected chi connectivity index (χ0v) is 33.9. The molecule has 5 aromatic rings. The van der Waals surface area contributed by atoms with E-state index in [0.717, 1.165) is 24.2 Å². The van der Waals surface area contributed by atoms with Crippen LogP contribution < -0.4 is 21.1 Å². The van der Waals surface area contributed by atoms with Gasteiger partial charge in [-0.15, -0.1) is 0 Å². The summed E-state index contributed by atoms with van der Waals surface area (Å²) in [4.78, 5) is 2.54. The monoisotopic (exact) mass is 717 g/mol. The molecule has 9 rings (SSSR count). The lowest BCUT2D eigenvalue weighted by molar-refractivity contribution is 0.258. The van der Waals surface area contributed by atoms with Crippen molar-refractivity contribution in [1.29, 1.82) is 0 Å². The van der Waals surface area contributed by atoms with Crippen molar-refractivity contribution < 1.29 is 0 Å². The van der Waals surface area contributed by atoms with E-state index in [9.17, 15) is 0 Å². The van der Waals surface area contributed by atoms with E-state index in [1.807, 2.05) is 6.07 Å². The molecule has 1 unspecified atom stereocenters. The zero-order valence-electron chi connectivity index (χ0n) is 33.9. The van der Waals surface area contributed by atoms with Crippen LogP contribution in [0, 0.1) is 23.0 Å². The van der Waals surface area contributed by atoms with Crippen LogP contribution in [-0.4, -0.2) is 13.3 Å². The molecular formula is C52H54BN2. The Labute approximate surface area is 331 Å². The molecule has 2 nitrogen and oxygen atoms in total. The molecule has 0 spiro atoms. The number of nitrogens with one attached hydrogen (secondary N) is 1. The lowest BCUT2D eigenvalue weighted by Crippen LogP contribution is -2.46. The van der Waals surface area contributed by atoms with Gasteiger partial charge in [-0.25, -0.2) is 0 Å². The van der Waals surface area contributed by atoms with Crippen LogP contribution in [0.4, 0.5) is 22.7 Å². The first-order valence-electron chi connectivity index (χ1n) is 20.7. The van der Waals surface area contributed by atoms with Crippen LogP contribution in [0.1, 0.15) is 109 Å². The van der Waals surface area contributed by atoms with Crippen molar-refractivity contribution in [3.05, 3.63) is 149 Å². The number of para-hydroxylation sites is 1. The van der Waals surface area contributed by atoms with Gasteiger partial charge < -0.3 is 10.2 Å². The zero-order chi connectivity index (χ0) is 38.1. The summed E-state index contributed by atoms with van der Waals surface area (Å²) in [5.41, 5.74) is 20.1. The van der Waals surface area contributed by atoms with Crippen molar-refractivity contribution in [2.75, 3.05) is 10.2 Å². The fraction of sp³-hybridized carbons (Fsp3) is 0.346. The molecule has 5 aromatic carbocycles. The van der Waals surface area contributed by atoms with E-state index in [-0.39, 0.29) is 22.3 Å². The van der Waals surface area contributed by atoms with Crippen LogP contribution in [0.3, 0.4) is 0 Å². The van der Waals surface area contributed by atoms with Crippen molar-refractivity contribution in [3.63, 3.8) is 0 Å². The van der Waals surface area contributed by atoms with E-state index in [0.29, 0.717) is 0 Å². The second-order valence-electron chi connectivity index (χ2n) is 18.4. The quantitative estimate of drug-likeness (QED) is 0.125. The summed E-state index contributed by atoms with van der Waals surface area (Å²) in [7, 11) is 2.50. The average molecular weight is 718 g/mol. The number of benzene rings is 4. The fourth-order valence-corrected chi connectivity index (χ4v) is 10.0. The van der Waals surface area contributed by atoms with Crippen LogP contribution in [0.2, 0.25) is 0 Å². The summed E-state index contributed by atoms with van der Waals surface area (Å²) in [5, 5.41) is 4.13. The van der Waals surface area contributed by atoms with Crippen molar-refractivity contribution in [3.8, 4) is 11.1 Å². The van der Waals surface area contributed by atoms with Gasteiger partial charge in [0.1, 0.15) is 5.69 Å². The third-order valence-electron chi connectivity index (χ3n) is 13.4. The molecule has 3 heteroatoms. The second-order valence-corrected chi connectivity index (χ2v) is 18.4. The van der Waals surface area contributed by atoms with Crippen LogP contribution in [0.15, 0.2) is 114 Å². The third-order valence-corrected chi connectivity index (χ3v) is 13.4. The Morgan fingerprint density at radius 2 is 1.56 bits per heavy atom. The lowest BCUT2D eigenvalue weighted by Gasteiger charge is -2.48. The van der Waals surface area contributed by atoms with E-state index in [4.69, 9.17) is 0 Å². The summed E-state index contributed by atoms with van der Waals surface area (Å²) in [6.45, 7) is 16.9. The standard InChI is InChI=1S/C52H54BN2/c1-8-9-11-17-34-30-39(48-47(31-34)55-46-23-15-14-20-40(46)52(6,7)41-21-16-22-44(53-48)49(41)55)38-32-42-43(51(4,5)29-28-50(42,2)3)33-45(38)54-37-26-24-36(25-27-37)35-18-12-10-13-19-35/h10,12-14,16,18-22,24-27,30-32,45,54H,8-9,11,17,28-29,33H2,1-7H3. The molecule has 0 saturated heterocycles. The number of rotatable bonds is 8. The number of fused-ring (bicyclic) bond motifs is 4. The Kier molecular flexibility index (Phi) is 8.69. The summed E-state index contributed by atoms with van der Waals surface area (Å²) in [6.07, 6.45) is 10.8. The molecule has 4 aliphatic rings. The number of hydrogen-bond acceptors (Lipinski definition) is 2. The van der Waals surface area contributed by atoms with Gasteiger partial charge in [0.25, 0.3) is 0 Å². The molecule has 2 aliphatic heterocycles. The topological polar surface area (TPSA) is 15.3 Å². The maximum absolute atomic E-state index is 4.13. The van der Waals surface area contributed by atoms with Gasteiger partial charge in [0, 0.05) is 22.5 Å². The largest absolute Gasteiger partial charge is 0.378 e. The van der Waals surface area contributed by atoms with Gasteiger partial charge in [0.05, 0.1) is 6.04 Å². The first-order valence-corrected chi connectivity index (χ1v) is 20.7. The predicted molar refractivity (Wildman–Crippen MR) is 235 cm³/mol. The smallest absolute Gasteiger partial charge is 0.197 e. The van der Waals surface area contributed by atoms with Crippen molar-refractivity contribution in [2.45, 2.75) is 105 Å².